The number of aliphatic hydroxyl groups is 1. The fourth-order valence-corrected chi connectivity index (χ4v) is 2.41. The van der Waals surface area contributed by atoms with Gasteiger partial charge in [-0.15, -0.1) is 0 Å². The molecule has 0 spiro atoms. The van der Waals surface area contributed by atoms with Crippen LogP contribution in [0.1, 0.15) is 31.7 Å². The molecule has 1 fully saturated rings. The minimum atomic E-state index is -0.552. The average Bonchev–Trinajstić information content (AvgIpc) is 2.37. The van der Waals surface area contributed by atoms with Crippen LogP contribution in [0.2, 0.25) is 0 Å². The van der Waals surface area contributed by atoms with Crippen molar-refractivity contribution in [2.75, 3.05) is 13.2 Å². The summed E-state index contributed by atoms with van der Waals surface area (Å²) in [6.45, 7) is 3.10. The number of halogens is 1. The first-order chi connectivity index (χ1) is 9.66. The van der Waals surface area contributed by atoms with Crippen LogP contribution < -0.4 is 5.32 Å². The maximum Gasteiger partial charge on any atom is 0.128 e. The lowest BCUT2D eigenvalue weighted by Crippen LogP contribution is -2.41. The van der Waals surface area contributed by atoms with Crippen molar-refractivity contribution in [3.8, 4) is 0 Å². The highest BCUT2D eigenvalue weighted by Gasteiger charge is 2.23. The van der Waals surface area contributed by atoms with E-state index in [1.807, 2.05) is 0 Å². The Labute approximate surface area is 120 Å². The number of rotatable bonds is 8. The summed E-state index contributed by atoms with van der Waals surface area (Å²) >= 11 is 0. The maximum atomic E-state index is 13.3. The highest BCUT2D eigenvalue weighted by molar-refractivity contribution is 5.16. The second kappa shape index (κ2) is 7.72. The number of nitrogens with one attached hydrogen (secondary N) is 1. The van der Waals surface area contributed by atoms with Crippen LogP contribution in [0.3, 0.4) is 0 Å². The SMILES string of the molecule is CC(NCC(O)COCc1ccccc1F)C1CCC1. The van der Waals surface area contributed by atoms with Gasteiger partial charge in [-0.3, -0.25) is 0 Å². The van der Waals surface area contributed by atoms with Crippen LogP contribution >= 0.6 is 0 Å². The van der Waals surface area contributed by atoms with Crippen molar-refractivity contribution >= 4 is 0 Å². The number of aliphatic hydroxyl groups excluding tert-OH is 1. The van der Waals surface area contributed by atoms with Crippen molar-refractivity contribution in [2.45, 2.75) is 44.9 Å². The molecule has 1 aliphatic carbocycles. The second-order valence-electron chi connectivity index (χ2n) is 5.65. The molecule has 0 aromatic heterocycles. The molecule has 0 bridgehead atoms. The molecule has 0 aliphatic heterocycles. The molecular formula is C16H24FNO2. The van der Waals surface area contributed by atoms with Crippen molar-refractivity contribution in [1.82, 2.24) is 5.32 Å². The molecule has 0 radical (unpaired) electrons. The largest absolute Gasteiger partial charge is 0.389 e. The van der Waals surface area contributed by atoms with E-state index in [9.17, 15) is 9.50 Å². The summed E-state index contributed by atoms with van der Waals surface area (Å²) in [6, 6.07) is 6.99. The van der Waals surface area contributed by atoms with Crippen molar-refractivity contribution in [2.24, 2.45) is 5.92 Å². The Morgan fingerprint density at radius 2 is 2.15 bits per heavy atom. The highest BCUT2D eigenvalue weighted by Crippen LogP contribution is 2.29. The summed E-state index contributed by atoms with van der Waals surface area (Å²) in [4.78, 5) is 0. The van der Waals surface area contributed by atoms with Crippen molar-refractivity contribution < 1.29 is 14.2 Å². The van der Waals surface area contributed by atoms with E-state index in [1.54, 1.807) is 18.2 Å². The topological polar surface area (TPSA) is 41.5 Å². The van der Waals surface area contributed by atoms with Crippen LogP contribution in [-0.2, 0) is 11.3 Å². The van der Waals surface area contributed by atoms with Gasteiger partial charge < -0.3 is 15.2 Å². The standard InChI is InChI=1S/C16H24FNO2/c1-12(13-6-4-7-13)18-9-15(19)11-20-10-14-5-2-3-8-16(14)17/h2-3,5,8,12-13,15,18-19H,4,6-7,9-11H2,1H3. The first-order valence-corrected chi connectivity index (χ1v) is 7.39. The Hall–Kier alpha value is -0.970. The van der Waals surface area contributed by atoms with Gasteiger partial charge in [-0.2, -0.15) is 0 Å². The van der Waals surface area contributed by atoms with Crippen LogP contribution in [0.5, 0.6) is 0 Å². The zero-order valence-corrected chi connectivity index (χ0v) is 12.0. The summed E-state index contributed by atoms with van der Waals surface area (Å²) in [7, 11) is 0. The van der Waals surface area contributed by atoms with E-state index in [1.165, 1.54) is 25.3 Å². The number of benzene rings is 1. The van der Waals surface area contributed by atoms with E-state index in [0.29, 0.717) is 18.2 Å². The van der Waals surface area contributed by atoms with E-state index in [-0.39, 0.29) is 19.0 Å². The summed E-state index contributed by atoms with van der Waals surface area (Å²) in [6.07, 6.45) is 3.34. The lowest BCUT2D eigenvalue weighted by atomic mass is 9.80. The smallest absolute Gasteiger partial charge is 0.128 e. The molecular weight excluding hydrogens is 257 g/mol. The van der Waals surface area contributed by atoms with Gasteiger partial charge in [-0.25, -0.2) is 4.39 Å². The molecule has 2 N–H and O–H groups in total. The molecule has 0 saturated heterocycles. The maximum absolute atomic E-state index is 13.3. The van der Waals surface area contributed by atoms with Crippen LogP contribution in [0.15, 0.2) is 24.3 Å². The van der Waals surface area contributed by atoms with Crippen LogP contribution in [0, 0.1) is 11.7 Å². The fourth-order valence-electron chi connectivity index (χ4n) is 2.41. The molecule has 0 heterocycles. The predicted octanol–water partition coefficient (Wildman–Crippen LogP) is 2.48. The first-order valence-electron chi connectivity index (χ1n) is 7.39. The molecule has 0 amide bonds. The zero-order chi connectivity index (χ0) is 14.4. The zero-order valence-electron chi connectivity index (χ0n) is 12.0. The summed E-state index contributed by atoms with van der Waals surface area (Å²) in [5, 5.41) is 13.2. The Balaban J connectivity index is 1.60. The monoisotopic (exact) mass is 281 g/mol. The van der Waals surface area contributed by atoms with Gasteiger partial charge in [0, 0.05) is 18.2 Å². The van der Waals surface area contributed by atoms with Crippen LogP contribution in [-0.4, -0.2) is 30.4 Å². The molecule has 4 heteroatoms. The van der Waals surface area contributed by atoms with Crippen molar-refractivity contribution in [3.63, 3.8) is 0 Å². The molecule has 20 heavy (non-hydrogen) atoms. The second-order valence-corrected chi connectivity index (χ2v) is 5.65. The molecule has 2 atom stereocenters. The fraction of sp³-hybridized carbons (Fsp3) is 0.625. The normalized spacial score (nSPS) is 18.6. The van der Waals surface area contributed by atoms with Crippen LogP contribution in [0.25, 0.3) is 0 Å². The molecule has 2 unspecified atom stereocenters. The third kappa shape index (κ3) is 4.54. The predicted molar refractivity (Wildman–Crippen MR) is 76.9 cm³/mol. The molecule has 2 rings (SSSR count). The summed E-state index contributed by atoms with van der Waals surface area (Å²) in [5.41, 5.74) is 0.524. The Morgan fingerprint density at radius 1 is 1.40 bits per heavy atom. The molecule has 1 aliphatic rings. The molecule has 1 aromatic carbocycles. The number of ether oxygens (including phenoxy) is 1. The van der Waals surface area contributed by atoms with E-state index >= 15 is 0 Å². The van der Waals surface area contributed by atoms with Gasteiger partial charge in [0.15, 0.2) is 0 Å². The summed E-state index contributed by atoms with van der Waals surface area (Å²) < 4.78 is 18.7. The third-order valence-corrected chi connectivity index (χ3v) is 4.06. The van der Waals surface area contributed by atoms with E-state index in [2.05, 4.69) is 12.2 Å². The highest BCUT2D eigenvalue weighted by atomic mass is 19.1. The van der Waals surface area contributed by atoms with Gasteiger partial charge in [0.05, 0.1) is 19.3 Å². The van der Waals surface area contributed by atoms with Gasteiger partial charge in [0.25, 0.3) is 0 Å². The number of hydrogen-bond donors (Lipinski definition) is 2. The average molecular weight is 281 g/mol. The van der Waals surface area contributed by atoms with Gasteiger partial charge in [-0.05, 0) is 31.7 Å². The Bertz CT molecular complexity index is 409. The Morgan fingerprint density at radius 3 is 2.80 bits per heavy atom. The minimum Gasteiger partial charge on any atom is -0.389 e. The minimum absolute atomic E-state index is 0.196. The van der Waals surface area contributed by atoms with E-state index in [0.717, 1.165) is 5.92 Å². The Kier molecular flexibility index (Phi) is 5.95. The molecule has 1 saturated carbocycles. The van der Waals surface area contributed by atoms with Crippen LogP contribution in [0.4, 0.5) is 4.39 Å². The molecule has 1 aromatic rings. The summed E-state index contributed by atoms with van der Waals surface area (Å²) in [5.74, 6) is 0.486. The number of hydrogen-bond acceptors (Lipinski definition) is 3. The van der Waals surface area contributed by atoms with E-state index in [4.69, 9.17) is 4.74 Å². The van der Waals surface area contributed by atoms with Gasteiger partial charge in [-0.1, -0.05) is 24.6 Å². The van der Waals surface area contributed by atoms with Gasteiger partial charge >= 0.3 is 0 Å². The van der Waals surface area contributed by atoms with Crippen molar-refractivity contribution in [1.29, 1.82) is 0 Å². The first kappa shape index (κ1) is 15.4. The van der Waals surface area contributed by atoms with E-state index < -0.39 is 6.10 Å². The molecule has 112 valence electrons. The molecule has 3 nitrogen and oxygen atoms in total. The quantitative estimate of drug-likeness (QED) is 0.769. The lowest BCUT2D eigenvalue weighted by molar-refractivity contribution is 0.0251. The lowest BCUT2D eigenvalue weighted by Gasteiger charge is -2.32. The van der Waals surface area contributed by atoms with Gasteiger partial charge in [0.2, 0.25) is 0 Å². The van der Waals surface area contributed by atoms with Crippen molar-refractivity contribution in [3.05, 3.63) is 35.6 Å². The van der Waals surface area contributed by atoms with Gasteiger partial charge in [0.1, 0.15) is 5.82 Å². The third-order valence-electron chi connectivity index (χ3n) is 4.06.